The SMILES string of the molecule is O=C(Nc1cnc2n1CCCC2)C1(S(=O)(=O)c2ccccc2)CC1. The molecule has 1 amide bonds. The third-order valence-electron chi connectivity index (χ3n) is 4.90. The molecule has 0 spiro atoms. The summed E-state index contributed by atoms with van der Waals surface area (Å²) < 4.78 is 26.4. The molecule has 0 bridgehead atoms. The fraction of sp³-hybridized carbons (Fsp3) is 0.412. The summed E-state index contributed by atoms with van der Waals surface area (Å²) in [6.07, 6.45) is 5.37. The molecule has 7 heteroatoms. The van der Waals surface area contributed by atoms with Gasteiger partial charge in [-0.05, 0) is 37.8 Å². The zero-order valence-electron chi connectivity index (χ0n) is 13.2. The Balaban J connectivity index is 1.62. The summed E-state index contributed by atoms with van der Waals surface area (Å²) in [5, 5.41) is 2.81. The topological polar surface area (TPSA) is 81.1 Å². The molecule has 2 aliphatic rings. The monoisotopic (exact) mass is 345 g/mol. The fourth-order valence-corrected chi connectivity index (χ4v) is 5.20. The lowest BCUT2D eigenvalue weighted by molar-refractivity contribution is -0.116. The molecule has 0 unspecified atom stereocenters. The van der Waals surface area contributed by atoms with E-state index in [0.29, 0.717) is 18.7 Å². The third-order valence-corrected chi connectivity index (χ3v) is 7.41. The molecule has 1 aliphatic heterocycles. The van der Waals surface area contributed by atoms with Gasteiger partial charge in [0.15, 0.2) is 14.6 Å². The molecule has 2 heterocycles. The van der Waals surface area contributed by atoms with Crippen LogP contribution >= 0.6 is 0 Å². The van der Waals surface area contributed by atoms with Crippen molar-refractivity contribution >= 4 is 21.6 Å². The Kier molecular flexibility index (Phi) is 3.49. The second-order valence-corrected chi connectivity index (χ2v) is 8.69. The molecular weight excluding hydrogens is 326 g/mol. The van der Waals surface area contributed by atoms with Crippen LogP contribution in [-0.2, 0) is 27.6 Å². The molecule has 2 aromatic rings. The minimum absolute atomic E-state index is 0.202. The Hall–Kier alpha value is -2.15. The van der Waals surface area contributed by atoms with Crippen LogP contribution in [0.4, 0.5) is 5.82 Å². The Labute approximate surface area is 140 Å². The van der Waals surface area contributed by atoms with E-state index in [4.69, 9.17) is 0 Å². The van der Waals surface area contributed by atoms with Crippen LogP contribution in [0.3, 0.4) is 0 Å². The number of nitrogens with zero attached hydrogens (tertiary/aromatic N) is 2. The predicted molar refractivity (Wildman–Crippen MR) is 89.4 cm³/mol. The van der Waals surface area contributed by atoms with Gasteiger partial charge in [-0.2, -0.15) is 0 Å². The van der Waals surface area contributed by atoms with E-state index in [0.717, 1.165) is 31.6 Å². The van der Waals surface area contributed by atoms with Crippen LogP contribution in [0.2, 0.25) is 0 Å². The summed E-state index contributed by atoms with van der Waals surface area (Å²) >= 11 is 0. The van der Waals surface area contributed by atoms with Crippen molar-refractivity contribution in [3.05, 3.63) is 42.4 Å². The van der Waals surface area contributed by atoms with Gasteiger partial charge in [-0.25, -0.2) is 13.4 Å². The minimum Gasteiger partial charge on any atom is -0.315 e. The lowest BCUT2D eigenvalue weighted by atomic mass is 10.2. The van der Waals surface area contributed by atoms with Gasteiger partial charge < -0.3 is 9.88 Å². The maximum atomic E-state index is 12.9. The molecule has 0 saturated heterocycles. The highest BCUT2D eigenvalue weighted by atomic mass is 32.2. The van der Waals surface area contributed by atoms with E-state index >= 15 is 0 Å². The summed E-state index contributed by atoms with van der Waals surface area (Å²) in [5.74, 6) is 1.11. The molecule has 126 valence electrons. The van der Waals surface area contributed by atoms with Gasteiger partial charge in [-0.1, -0.05) is 18.2 Å². The van der Waals surface area contributed by atoms with Gasteiger partial charge in [0.25, 0.3) is 0 Å². The molecule has 1 aromatic carbocycles. The summed E-state index contributed by atoms with van der Waals surface area (Å²) in [4.78, 5) is 17.3. The number of fused-ring (bicyclic) bond motifs is 1. The number of sulfone groups is 1. The lowest BCUT2D eigenvalue weighted by Crippen LogP contribution is -2.38. The summed E-state index contributed by atoms with van der Waals surface area (Å²) in [6.45, 7) is 0.809. The number of anilines is 1. The van der Waals surface area contributed by atoms with E-state index in [1.165, 1.54) is 0 Å². The van der Waals surface area contributed by atoms with Crippen molar-refractivity contribution in [1.29, 1.82) is 0 Å². The number of aryl methyl sites for hydroxylation is 1. The largest absolute Gasteiger partial charge is 0.315 e. The first-order valence-electron chi connectivity index (χ1n) is 8.20. The van der Waals surface area contributed by atoms with E-state index in [-0.39, 0.29) is 4.90 Å². The molecule has 4 rings (SSSR count). The van der Waals surface area contributed by atoms with Crippen LogP contribution < -0.4 is 5.32 Å². The molecule has 0 atom stereocenters. The van der Waals surface area contributed by atoms with Crippen molar-refractivity contribution in [2.24, 2.45) is 0 Å². The summed E-state index contributed by atoms with van der Waals surface area (Å²) in [7, 11) is -3.69. The highest BCUT2D eigenvalue weighted by molar-refractivity contribution is 7.94. The Morgan fingerprint density at radius 2 is 1.92 bits per heavy atom. The van der Waals surface area contributed by atoms with Crippen molar-refractivity contribution in [2.75, 3.05) is 5.32 Å². The van der Waals surface area contributed by atoms with Gasteiger partial charge in [-0.15, -0.1) is 0 Å². The summed E-state index contributed by atoms with van der Waals surface area (Å²) in [5.41, 5.74) is 0. The van der Waals surface area contributed by atoms with Gasteiger partial charge >= 0.3 is 0 Å². The third kappa shape index (κ3) is 2.26. The number of carbonyl (C=O) groups is 1. The molecule has 1 aliphatic carbocycles. The molecule has 1 N–H and O–H groups in total. The number of amides is 1. The van der Waals surface area contributed by atoms with Crippen molar-refractivity contribution < 1.29 is 13.2 Å². The van der Waals surface area contributed by atoms with E-state index in [9.17, 15) is 13.2 Å². The number of benzene rings is 1. The van der Waals surface area contributed by atoms with Crippen molar-refractivity contribution in [2.45, 2.75) is 48.3 Å². The Bertz CT molecular complexity index is 883. The van der Waals surface area contributed by atoms with Gasteiger partial charge in [0, 0.05) is 13.0 Å². The van der Waals surface area contributed by atoms with Gasteiger partial charge in [0.05, 0.1) is 11.1 Å². The maximum Gasteiger partial charge on any atom is 0.247 e. The second-order valence-electron chi connectivity index (χ2n) is 6.43. The van der Waals surface area contributed by atoms with E-state index in [1.54, 1.807) is 36.5 Å². The number of hydrogen-bond donors (Lipinski definition) is 1. The Morgan fingerprint density at radius 1 is 1.17 bits per heavy atom. The first kappa shape index (κ1) is 15.4. The summed E-state index contributed by atoms with van der Waals surface area (Å²) in [6, 6.07) is 8.20. The van der Waals surface area contributed by atoms with Crippen LogP contribution in [0.5, 0.6) is 0 Å². The van der Waals surface area contributed by atoms with Crippen molar-refractivity contribution in [1.82, 2.24) is 9.55 Å². The van der Waals surface area contributed by atoms with E-state index in [2.05, 4.69) is 10.3 Å². The fourth-order valence-electron chi connectivity index (χ4n) is 3.30. The Morgan fingerprint density at radius 3 is 2.62 bits per heavy atom. The van der Waals surface area contributed by atoms with Crippen LogP contribution in [-0.4, -0.2) is 28.6 Å². The van der Waals surface area contributed by atoms with Gasteiger partial charge in [0.2, 0.25) is 5.91 Å². The molecule has 1 fully saturated rings. The molecule has 6 nitrogen and oxygen atoms in total. The van der Waals surface area contributed by atoms with Crippen molar-refractivity contribution in [3.8, 4) is 0 Å². The van der Waals surface area contributed by atoms with Crippen molar-refractivity contribution in [3.63, 3.8) is 0 Å². The lowest BCUT2D eigenvalue weighted by Gasteiger charge is -2.19. The smallest absolute Gasteiger partial charge is 0.247 e. The molecule has 1 saturated carbocycles. The highest BCUT2D eigenvalue weighted by Gasteiger charge is 2.61. The minimum atomic E-state index is -3.69. The molecule has 0 radical (unpaired) electrons. The van der Waals surface area contributed by atoms with E-state index < -0.39 is 20.5 Å². The second kappa shape index (κ2) is 5.44. The number of rotatable bonds is 4. The highest BCUT2D eigenvalue weighted by Crippen LogP contribution is 2.47. The van der Waals surface area contributed by atoms with Gasteiger partial charge in [0.1, 0.15) is 11.6 Å². The number of hydrogen-bond acceptors (Lipinski definition) is 4. The first-order chi connectivity index (χ1) is 11.5. The zero-order valence-corrected chi connectivity index (χ0v) is 14.1. The average Bonchev–Trinajstić information content (AvgIpc) is 3.34. The average molecular weight is 345 g/mol. The van der Waals surface area contributed by atoms with Crippen LogP contribution in [0.15, 0.2) is 41.4 Å². The van der Waals surface area contributed by atoms with Crippen LogP contribution in [0.1, 0.15) is 31.5 Å². The molecule has 1 aromatic heterocycles. The number of nitrogens with one attached hydrogen (secondary N) is 1. The van der Waals surface area contributed by atoms with Crippen LogP contribution in [0, 0.1) is 0 Å². The van der Waals surface area contributed by atoms with Gasteiger partial charge in [-0.3, -0.25) is 4.79 Å². The normalized spacial score (nSPS) is 18.7. The quantitative estimate of drug-likeness (QED) is 0.921. The number of imidazole rings is 1. The number of carbonyl (C=O) groups excluding carboxylic acids is 1. The molecular formula is C17H19N3O3S. The standard InChI is InChI=1S/C17H19N3O3S/c21-16(19-15-12-18-14-8-4-5-11-20(14)15)17(9-10-17)24(22,23)13-6-2-1-3-7-13/h1-3,6-7,12H,4-5,8-11H2,(H,19,21). The zero-order chi connectivity index (χ0) is 16.8. The van der Waals surface area contributed by atoms with E-state index in [1.807, 2.05) is 4.57 Å². The first-order valence-corrected chi connectivity index (χ1v) is 9.68. The number of aromatic nitrogens is 2. The van der Waals surface area contributed by atoms with Crippen LogP contribution in [0.25, 0.3) is 0 Å². The predicted octanol–water partition coefficient (Wildman–Crippen LogP) is 2.16. The maximum absolute atomic E-state index is 12.9. The molecule has 24 heavy (non-hydrogen) atoms.